The molecule has 1 atom stereocenters. The number of nitrogens with two attached hydrogens (primary N) is 1. The minimum absolute atomic E-state index is 0. The van der Waals surface area contributed by atoms with Gasteiger partial charge in [-0.05, 0) is 0 Å². The quantitative estimate of drug-likeness (QED) is 0.403. The summed E-state index contributed by atoms with van der Waals surface area (Å²) in [6.07, 6.45) is 3.27. The molecule has 0 aliphatic rings. The van der Waals surface area contributed by atoms with E-state index in [0.717, 1.165) is 0 Å². The van der Waals surface area contributed by atoms with E-state index in [2.05, 4.69) is 9.97 Å². The average Bonchev–Trinajstić information content (AvgIpc) is 2.90. The van der Waals surface area contributed by atoms with Gasteiger partial charge in [0.25, 0.3) is 0 Å². The zero-order valence-corrected chi connectivity index (χ0v) is 14.9. The van der Waals surface area contributed by atoms with Crippen LogP contribution in [0.15, 0.2) is 48.9 Å². The van der Waals surface area contributed by atoms with Crippen LogP contribution < -0.4 is 10.8 Å². The van der Waals surface area contributed by atoms with Crippen molar-refractivity contribution in [2.45, 2.75) is 12.5 Å². The summed E-state index contributed by atoms with van der Waals surface area (Å²) in [7, 11) is -10.7. The molecule has 0 aliphatic heterocycles. The number of halogens is 6. The molecule has 143 valence electrons. The standard InChI is InChI=1S/C6H9N3O2.C6H6.F6P.Ru/c7-5(6(10)11)1-4-2-8-3-9-4;1-2-4-6-5-3-1;1-7(2,3,4,5)6;/h2-3,5H,1,7H2,(H,8,9)(H,10,11);1-6H;;/q;;-1;+3/p-1/t5-;;;/m0.../s1. The van der Waals surface area contributed by atoms with E-state index in [1.165, 1.54) is 6.33 Å². The van der Waals surface area contributed by atoms with Crippen LogP contribution >= 0.6 is 7.81 Å². The van der Waals surface area contributed by atoms with Gasteiger partial charge in [-0.15, -0.1) is 0 Å². The first kappa shape index (κ1) is 25.7. The largest absolute Gasteiger partial charge is 3.00 e. The minimum Gasteiger partial charge on any atom is -0.548 e. The van der Waals surface area contributed by atoms with E-state index in [4.69, 9.17) is 5.73 Å². The Morgan fingerprint density at radius 1 is 1.08 bits per heavy atom. The fourth-order valence-electron chi connectivity index (χ4n) is 1.10. The topological polar surface area (TPSA) is 94.8 Å². The van der Waals surface area contributed by atoms with Gasteiger partial charge < -0.3 is 20.6 Å². The number of rotatable bonds is 3. The number of carboxylic acids is 1. The zero-order valence-electron chi connectivity index (χ0n) is 12.3. The molecule has 2 rings (SSSR count). The Hall–Kier alpha value is -1.51. The zero-order chi connectivity index (χ0) is 18.9. The predicted molar refractivity (Wildman–Crippen MR) is 75.3 cm³/mol. The normalized spacial score (nSPS) is 14.0. The number of hydrogen-bond donors (Lipinski definition) is 2. The second-order valence-corrected chi connectivity index (χ2v) is 6.22. The summed E-state index contributed by atoms with van der Waals surface area (Å²) >= 11 is 0. The Bertz CT molecular complexity index is 572. The van der Waals surface area contributed by atoms with Crippen molar-refractivity contribution in [3.63, 3.8) is 0 Å². The molecule has 0 saturated carbocycles. The van der Waals surface area contributed by atoms with Gasteiger partial charge in [0.05, 0.1) is 18.0 Å². The van der Waals surface area contributed by atoms with Gasteiger partial charge in [0, 0.05) is 18.7 Å². The Labute approximate surface area is 151 Å². The van der Waals surface area contributed by atoms with Gasteiger partial charge in [-0.1, -0.05) is 36.4 Å². The molecule has 0 unspecified atom stereocenters. The van der Waals surface area contributed by atoms with Crippen molar-refractivity contribution in [3.05, 3.63) is 54.6 Å². The fraction of sp³-hybridized carbons (Fsp3) is 0.167. The van der Waals surface area contributed by atoms with Gasteiger partial charge >= 0.3 is 52.5 Å². The summed E-state index contributed by atoms with van der Waals surface area (Å²) in [4.78, 5) is 16.7. The van der Waals surface area contributed by atoms with E-state index in [9.17, 15) is 35.1 Å². The fourth-order valence-corrected chi connectivity index (χ4v) is 1.10. The number of carboxylic acid groups (broad SMARTS) is 1. The third-order valence-corrected chi connectivity index (χ3v) is 1.95. The molecule has 0 bridgehead atoms. The molecule has 0 spiro atoms. The monoisotopic (exact) mass is 479 g/mol. The van der Waals surface area contributed by atoms with Crippen LogP contribution in [-0.2, 0) is 30.7 Å². The van der Waals surface area contributed by atoms with Gasteiger partial charge in [0.1, 0.15) is 0 Å². The molecule has 1 aromatic carbocycles. The molecule has 2 aromatic rings. The van der Waals surface area contributed by atoms with Gasteiger partial charge in [0.15, 0.2) is 0 Å². The Balaban J connectivity index is 0. The van der Waals surface area contributed by atoms with Crippen LogP contribution in [-0.4, -0.2) is 22.0 Å². The molecule has 0 fully saturated rings. The molecule has 3 N–H and O–H groups in total. The molecule has 25 heavy (non-hydrogen) atoms. The first-order valence-electron chi connectivity index (χ1n) is 6.15. The van der Waals surface area contributed by atoms with Crippen LogP contribution in [0.5, 0.6) is 0 Å². The Morgan fingerprint density at radius 3 is 1.68 bits per heavy atom. The van der Waals surface area contributed by atoms with Crippen molar-refractivity contribution >= 4 is 13.8 Å². The van der Waals surface area contributed by atoms with E-state index >= 15 is 0 Å². The van der Waals surface area contributed by atoms with Crippen molar-refractivity contribution in [2.24, 2.45) is 5.73 Å². The maximum atomic E-state index is 10.2. The van der Waals surface area contributed by atoms with E-state index < -0.39 is 19.8 Å². The Morgan fingerprint density at radius 2 is 1.44 bits per heavy atom. The van der Waals surface area contributed by atoms with E-state index in [-0.39, 0.29) is 25.9 Å². The van der Waals surface area contributed by atoms with E-state index in [0.29, 0.717) is 5.69 Å². The SMILES string of the molecule is F[P-](F)(F)(F)(F)F.N[C@@H](Cc1c[nH]cn1)C(=O)[O-].[Ru+3].c1ccccc1. The molecular weight excluding hydrogens is 464 g/mol. The number of nitrogens with one attached hydrogen (secondary N) is 1. The number of hydrogen-bond acceptors (Lipinski definition) is 4. The predicted octanol–water partition coefficient (Wildman–Crippen LogP) is 3.10. The van der Waals surface area contributed by atoms with Crippen LogP contribution in [0.2, 0.25) is 0 Å². The first-order valence-corrected chi connectivity index (χ1v) is 8.18. The van der Waals surface area contributed by atoms with Gasteiger partial charge in [-0.3, -0.25) is 0 Å². The number of aromatic nitrogens is 2. The van der Waals surface area contributed by atoms with Crippen LogP contribution in [0.4, 0.5) is 25.2 Å². The number of carbonyl (C=O) groups is 1. The summed E-state index contributed by atoms with van der Waals surface area (Å²) in [6.45, 7) is 0. The first-order chi connectivity index (χ1) is 10.6. The van der Waals surface area contributed by atoms with Gasteiger partial charge in [-0.2, -0.15) is 0 Å². The van der Waals surface area contributed by atoms with E-state index in [1.807, 2.05) is 36.4 Å². The maximum Gasteiger partial charge on any atom is 3.00 e. The number of aromatic amines is 1. The van der Waals surface area contributed by atoms with Crippen molar-refractivity contribution in [1.29, 1.82) is 0 Å². The molecule has 1 heterocycles. The van der Waals surface area contributed by atoms with Crippen LogP contribution in [0.3, 0.4) is 0 Å². The molecule has 13 heteroatoms. The number of nitrogens with zero attached hydrogens (tertiary/aromatic N) is 1. The summed E-state index contributed by atoms with van der Waals surface area (Å²) in [5, 5.41) is 10.2. The number of benzene rings is 1. The smallest absolute Gasteiger partial charge is 0.548 e. The molecule has 0 saturated heterocycles. The second kappa shape index (κ2) is 9.26. The van der Waals surface area contributed by atoms with Crippen molar-refractivity contribution in [3.8, 4) is 0 Å². The molecule has 0 aliphatic carbocycles. The molecular formula is C12H14F6N3O2PRu+. The van der Waals surface area contributed by atoms with Crippen LogP contribution in [0.25, 0.3) is 0 Å². The Kier molecular flexibility index (Phi) is 9.53. The maximum absolute atomic E-state index is 10.7. The van der Waals surface area contributed by atoms with Crippen LogP contribution in [0.1, 0.15) is 5.69 Å². The van der Waals surface area contributed by atoms with Crippen molar-refractivity contribution < 1.29 is 54.6 Å². The third-order valence-electron chi connectivity index (χ3n) is 1.95. The number of imidazole rings is 1. The van der Waals surface area contributed by atoms with E-state index in [1.54, 1.807) is 6.20 Å². The number of carbonyl (C=O) groups excluding carboxylic acids is 1. The molecule has 1 aromatic heterocycles. The van der Waals surface area contributed by atoms with Gasteiger partial charge in [-0.25, -0.2) is 4.98 Å². The van der Waals surface area contributed by atoms with Crippen molar-refractivity contribution in [2.75, 3.05) is 0 Å². The number of aliphatic carboxylic acids is 1. The van der Waals surface area contributed by atoms with Crippen molar-refractivity contribution in [1.82, 2.24) is 9.97 Å². The summed E-state index contributed by atoms with van der Waals surface area (Å²) in [5.41, 5.74) is 5.82. The molecule has 0 amide bonds. The molecule has 1 radical (unpaired) electrons. The van der Waals surface area contributed by atoms with Crippen LogP contribution in [0, 0.1) is 0 Å². The minimum atomic E-state index is -10.7. The molecule has 5 nitrogen and oxygen atoms in total. The second-order valence-electron chi connectivity index (χ2n) is 4.30. The number of H-pyrrole nitrogens is 1. The summed E-state index contributed by atoms with van der Waals surface area (Å²) in [6, 6.07) is 11.0. The van der Waals surface area contributed by atoms with Gasteiger partial charge in [0.2, 0.25) is 0 Å². The third kappa shape index (κ3) is 24.9. The summed E-state index contributed by atoms with van der Waals surface area (Å²) in [5.74, 6) is -1.26. The summed E-state index contributed by atoms with van der Waals surface area (Å²) < 4.78 is 59.2. The average molecular weight is 478 g/mol.